The first-order valence-corrected chi connectivity index (χ1v) is 7.07. The molecule has 1 aromatic rings. The van der Waals surface area contributed by atoms with Crippen LogP contribution in [0.1, 0.15) is 33.6 Å². The van der Waals surface area contributed by atoms with E-state index in [0.717, 1.165) is 25.6 Å². The van der Waals surface area contributed by atoms with Gasteiger partial charge in [-0.25, -0.2) is 0 Å². The molecule has 0 saturated carbocycles. The fourth-order valence-corrected chi connectivity index (χ4v) is 2.22. The number of aliphatic hydroxyl groups excluding tert-OH is 1. The molecule has 18 heavy (non-hydrogen) atoms. The van der Waals surface area contributed by atoms with Crippen molar-refractivity contribution < 1.29 is 5.11 Å². The summed E-state index contributed by atoms with van der Waals surface area (Å²) >= 11 is 0. The topological polar surface area (TPSA) is 41.3 Å². The predicted octanol–water partition coefficient (Wildman–Crippen LogP) is 2.00. The molecule has 0 aliphatic rings. The predicted molar refractivity (Wildman–Crippen MR) is 74.4 cm³/mol. The second-order valence-electron chi connectivity index (χ2n) is 4.92. The Kier molecular flexibility index (Phi) is 6.98. The number of aromatic nitrogens is 2. The van der Waals surface area contributed by atoms with E-state index >= 15 is 0 Å². The highest BCUT2D eigenvalue weighted by Gasteiger charge is 2.14. The molecule has 0 radical (unpaired) electrons. The van der Waals surface area contributed by atoms with Gasteiger partial charge in [0.15, 0.2) is 0 Å². The van der Waals surface area contributed by atoms with Crippen LogP contribution in [0.15, 0.2) is 18.5 Å². The average molecular weight is 253 g/mol. The van der Waals surface area contributed by atoms with Crippen molar-refractivity contribution in [2.24, 2.45) is 5.92 Å². The van der Waals surface area contributed by atoms with Gasteiger partial charge >= 0.3 is 0 Å². The van der Waals surface area contributed by atoms with Gasteiger partial charge in [0.2, 0.25) is 0 Å². The Morgan fingerprint density at radius 3 is 2.44 bits per heavy atom. The van der Waals surface area contributed by atoms with Crippen molar-refractivity contribution in [3.05, 3.63) is 18.5 Å². The molecule has 0 aliphatic carbocycles. The van der Waals surface area contributed by atoms with Gasteiger partial charge in [-0.3, -0.25) is 4.68 Å². The van der Waals surface area contributed by atoms with Gasteiger partial charge in [-0.15, -0.1) is 0 Å². The van der Waals surface area contributed by atoms with E-state index in [9.17, 15) is 5.11 Å². The van der Waals surface area contributed by atoms with E-state index in [0.29, 0.717) is 6.54 Å². The summed E-state index contributed by atoms with van der Waals surface area (Å²) in [4.78, 5) is 2.34. The van der Waals surface area contributed by atoms with Gasteiger partial charge in [-0.05, 0) is 18.5 Å². The quantitative estimate of drug-likeness (QED) is 0.732. The maximum Gasteiger partial charge on any atom is 0.0862 e. The van der Waals surface area contributed by atoms with Crippen molar-refractivity contribution in [2.45, 2.75) is 46.3 Å². The van der Waals surface area contributed by atoms with Crippen LogP contribution in [0, 0.1) is 5.92 Å². The lowest BCUT2D eigenvalue weighted by molar-refractivity contribution is 0.0885. The standard InChI is InChI=1S/C14H27N3O/c1-4-13(5-2)10-16(6-3)11-14(18)12-17-9-7-8-15-17/h7-9,13-14,18H,4-6,10-12H2,1-3H3/t14-/m1/s1. The Balaban J connectivity index is 2.37. The van der Waals surface area contributed by atoms with Crippen molar-refractivity contribution in [3.63, 3.8) is 0 Å². The number of rotatable bonds is 9. The van der Waals surface area contributed by atoms with Gasteiger partial charge in [0.05, 0.1) is 12.6 Å². The lowest BCUT2D eigenvalue weighted by Gasteiger charge is -2.27. The lowest BCUT2D eigenvalue weighted by atomic mass is 10.0. The van der Waals surface area contributed by atoms with Gasteiger partial charge in [-0.2, -0.15) is 5.10 Å². The third-order valence-electron chi connectivity index (χ3n) is 3.54. The van der Waals surface area contributed by atoms with Gasteiger partial charge < -0.3 is 10.0 Å². The van der Waals surface area contributed by atoms with E-state index in [1.807, 2.05) is 12.3 Å². The van der Waals surface area contributed by atoms with Crippen molar-refractivity contribution in [1.29, 1.82) is 0 Å². The van der Waals surface area contributed by atoms with Crippen LogP contribution in [0.5, 0.6) is 0 Å². The number of likely N-dealkylation sites (N-methyl/N-ethyl adjacent to an activating group) is 1. The maximum absolute atomic E-state index is 10.1. The molecule has 0 amide bonds. The molecule has 1 aromatic heterocycles. The number of aliphatic hydroxyl groups is 1. The summed E-state index contributed by atoms with van der Waals surface area (Å²) in [5.74, 6) is 0.738. The second-order valence-corrected chi connectivity index (χ2v) is 4.92. The first-order valence-electron chi connectivity index (χ1n) is 7.07. The van der Waals surface area contributed by atoms with E-state index in [4.69, 9.17) is 0 Å². The highest BCUT2D eigenvalue weighted by molar-refractivity contribution is 4.79. The Morgan fingerprint density at radius 2 is 1.94 bits per heavy atom. The fraction of sp³-hybridized carbons (Fsp3) is 0.786. The molecule has 1 atom stereocenters. The molecule has 0 aliphatic heterocycles. The highest BCUT2D eigenvalue weighted by atomic mass is 16.3. The van der Waals surface area contributed by atoms with Crippen LogP contribution in [-0.2, 0) is 6.54 Å². The Labute approximate surface area is 111 Å². The van der Waals surface area contributed by atoms with Crippen LogP contribution < -0.4 is 0 Å². The monoisotopic (exact) mass is 253 g/mol. The second kappa shape index (κ2) is 8.27. The molecule has 0 unspecified atom stereocenters. The summed E-state index contributed by atoms with van der Waals surface area (Å²) in [5.41, 5.74) is 0. The summed E-state index contributed by atoms with van der Waals surface area (Å²) < 4.78 is 1.79. The van der Waals surface area contributed by atoms with Crippen LogP contribution in [0.25, 0.3) is 0 Å². The Morgan fingerprint density at radius 1 is 1.22 bits per heavy atom. The third-order valence-corrected chi connectivity index (χ3v) is 3.54. The summed E-state index contributed by atoms with van der Waals surface area (Å²) in [6.45, 7) is 10.0. The molecule has 4 heteroatoms. The minimum atomic E-state index is -0.348. The Hall–Kier alpha value is -0.870. The van der Waals surface area contributed by atoms with Crippen LogP contribution in [0.4, 0.5) is 0 Å². The van der Waals surface area contributed by atoms with Crippen molar-refractivity contribution in [2.75, 3.05) is 19.6 Å². The molecule has 1 rings (SSSR count). The normalized spacial score (nSPS) is 13.4. The molecule has 1 N–H and O–H groups in total. The zero-order valence-electron chi connectivity index (χ0n) is 11.9. The van der Waals surface area contributed by atoms with Gasteiger partial charge in [0, 0.05) is 25.5 Å². The first-order chi connectivity index (χ1) is 8.69. The molecule has 104 valence electrons. The fourth-order valence-electron chi connectivity index (χ4n) is 2.22. The van der Waals surface area contributed by atoms with Crippen molar-refractivity contribution in [3.8, 4) is 0 Å². The molecule has 0 fully saturated rings. The number of hydrogen-bond donors (Lipinski definition) is 1. The average Bonchev–Trinajstić information content (AvgIpc) is 2.87. The van der Waals surface area contributed by atoms with E-state index in [-0.39, 0.29) is 6.10 Å². The summed E-state index contributed by atoms with van der Waals surface area (Å²) in [5, 5.41) is 14.2. The van der Waals surface area contributed by atoms with Crippen LogP contribution >= 0.6 is 0 Å². The molecule has 0 bridgehead atoms. The van der Waals surface area contributed by atoms with E-state index in [1.54, 1.807) is 10.9 Å². The number of hydrogen-bond acceptors (Lipinski definition) is 3. The van der Waals surface area contributed by atoms with E-state index in [2.05, 4.69) is 30.8 Å². The smallest absolute Gasteiger partial charge is 0.0862 e. The van der Waals surface area contributed by atoms with Crippen molar-refractivity contribution in [1.82, 2.24) is 14.7 Å². The van der Waals surface area contributed by atoms with Crippen LogP contribution in [0.2, 0.25) is 0 Å². The van der Waals surface area contributed by atoms with Crippen LogP contribution in [-0.4, -0.2) is 45.5 Å². The highest BCUT2D eigenvalue weighted by Crippen LogP contribution is 2.10. The minimum absolute atomic E-state index is 0.348. The van der Waals surface area contributed by atoms with E-state index < -0.39 is 0 Å². The zero-order valence-corrected chi connectivity index (χ0v) is 11.9. The van der Waals surface area contributed by atoms with Gasteiger partial charge in [-0.1, -0.05) is 33.6 Å². The molecule has 0 spiro atoms. The maximum atomic E-state index is 10.1. The molecular weight excluding hydrogens is 226 g/mol. The number of nitrogens with zero attached hydrogens (tertiary/aromatic N) is 3. The molecule has 1 heterocycles. The summed E-state index contributed by atoms with van der Waals surface area (Å²) in [7, 11) is 0. The van der Waals surface area contributed by atoms with E-state index in [1.165, 1.54) is 12.8 Å². The van der Waals surface area contributed by atoms with Crippen molar-refractivity contribution >= 4 is 0 Å². The SMILES string of the molecule is CCC(CC)CN(CC)C[C@@H](O)Cn1cccn1. The van der Waals surface area contributed by atoms with Crippen LogP contribution in [0.3, 0.4) is 0 Å². The largest absolute Gasteiger partial charge is 0.390 e. The zero-order chi connectivity index (χ0) is 13.4. The van der Waals surface area contributed by atoms with Gasteiger partial charge in [0.1, 0.15) is 0 Å². The molecule has 4 nitrogen and oxygen atoms in total. The minimum Gasteiger partial charge on any atom is -0.390 e. The Bertz CT molecular complexity index is 296. The summed E-state index contributed by atoms with van der Waals surface area (Å²) in [6, 6.07) is 1.88. The first kappa shape index (κ1) is 15.2. The summed E-state index contributed by atoms with van der Waals surface area (Å²) in [6.07, 6.45) is 5.71. The lowest BCUT2D eigenvalue weighted by Crippen LogP contribution is -2.37. The molecule has 0 saturated heterocycles. The van der Waals surface area contributed by atoms with Gasteiger partial charge in [0.25, 0.3) is 0 Å². The molecular formula is C14H27N3O. The molecule has 0 aromatic carbocycles. The third kappa shape index (κ3) is 5.19.